The number of nitrogens with one attached hydrogen (secondary N) is 1. The molecular weight excluding hydrogens is 326 g/mol. The van der Waals surface area contributed by atoms with Gasteiger partial charge in [0, 0.05) is 30.9 Å². The van der Waals surface area contributed by atoms with Crippen LogP contribution in [0.4, 0.5) is 11.5 Å². The van der Waals surface area contributed by atoms with E-state index in [4.69, 9.17) is 0 Å². The fourth-order valence-corrected chi connectivity index (χ4v) is 3.47. The van der Waals surface area contributed by atoms with Crippen molar-refractivity contribution in [3.8, 4) is 0 Å². The Hall–Kier alpha value is -2.37. The molecule has 1 fully saturated rings. The lowest BCUT2D eigenvalue weighted by Gasteiger charge is -2.16. The van der Waals surface area contributed by atoms with E-state index in [1.807, 2.05) is 30.7 Å². The van der Waals surface area contributed by atoms with Gasteiger partial charge >= 0.3 is 0 Å². The molecule has 0 radical (unpaired) electrons. The molecule has 6 heteroatoms. The van der Waals surface area contributed by atoms with E-state index in [1.165, 1.54) is 12.8 Å². The van der Waals surface area contributed by atoms with E-state index in [-0.39, 0.29) is 5.91 Å². The van der Waals surface area contributed by atoms with Crippen LogP contribution in [-0.2, 0) is 17.8 Å². The Morgan fingerprint density at radius 1 is 1.23 bits per heavy atom. The van der Waals surface area contributed by atoms with Crippen molar-refractivity contribution in [3.63, 3.8) is 0 Å². The van der Waals surface area contributed by atoms with Gasteiger partial charge < -0.3 is 10.2 Å². The third-order valence-corrected chi connectivity index (χ3v) is 4.87. The van der Waals surface area contributed by atoms with Crippen LogP contribution in [0.3, 0.4) is 0 Å². The molecule has 3 heterocycles. The summed E-state index contributed by atoms with van der Waals surface area (Å²) < 4.78 is 2.01. The first-order chi connectivity index (χ1) is 12.4. The number of hydrogen-bond acceptors (Lipinski definition) is 4. The Bertz CT molecular complexity index is 757. The number of pyridine rings is 1. The lowest BCUT2D eigenvalue weighted by atomic mass is 10.1. The van der Waals surface area contributed by atoms with E-state index in [2.05, 4.69) is 34.1 Å². The van der Waals surface area contributed by atoms with Gasteiger partial charge in [0.1, 0.15) is 5.82 Å². The minimum absolute atomic E-state index is 0.0315. The predicted molar refractivity (Wildman–Crippen MR) is 105 cm³/mol. The molecule has 0 aliphatic carbocycles. The van der Waals surface area contributed by atoms with Gasteiger partial charge in [-0.05, 0) is 44.7 Å². The zero-order valence-electron chi connectivity index (χ0n) is 16.2. The topological polar surface area (TPSA) is 63.1 Å². The highest BCUT2D eigenvalue weighted by Crippen LogP contribution is 2.20. The lowest BCUT2D eigenvalue weighted by molar-refractivity contribution is -0.115. The standard InChI is InChI=1S/C20H29N5O/c1-14(2)13-25-16(4)18(15(3)23-25)11-20(26)22-17-7-8-19(21-12-17)24-9-5-6-10-24/h7-8,12,14H,5-6,9-11,13H2,1-4H3,(H,22,26). The molecule has 1 saturated heterocycles. The Balaban J connectivity index is 1.63. The van der Waals surface area contributed by atoms with Crippen LogP contribution in [0.5, 0.6) is 0 Å². The zero-order chi connectivity index (χ0) is 18.7. The Morgan fingerprint density at radius 3 is 2.58 bits per heavy atom. The third kappa shape index (κ3) is 4.23. The van der Waals surface area contributed by atoms with Gasteiger partial charge in [0.15, 0.2) is 0 Å². The van der Waals surface area contributed by atoms with E-state index in [9.17, 15) is 4.79 Å². The molecule has 0 unspecified atom stereocenters. The summed E-state index contributed by atoms with van der Waals surface area (Å²) in [7, 11) is 0. The highest BCUT2D eigenvalue weighted by Gasteiger charge is 2.16. The van der Waals surface area contributed by atoms with Crippen LogP contribution in [0.25, 0.3) is 0 Å². The summed E-state index contributed by atoms with van der Waals surface area (Å²) in [5.74, 6) is 1.48. The minimum atomic E-state index is -0.0315. The predicted octanol–water partition coefficient (Wildman–Crippen LogP) is 3.33. The van der Waals surface area contributed by atoms with Gasteiger partial charge in [0.05, 0.1) is 24.0 Å². The number of carbonyl (C=O) groups excluding carboxylic acids is 1. The van der Waals surface area contributed by atoms with Crippen LogP contribution < -0.4 is 10.2 Å². The molecular formula is C20H29N5O. The summed E-state index contributed by atoms with van der Waals surface area (Å²) in [5.41, 5.74) is 3.77. The van der Waals surface area contributed by atoms with Crippen molar-refractivity contribution < 1.29 is 4.79 Å². The van der Waals surface area contributed by atoms with Crippen LogP contribution in [0.15, 0.2) is 18.3 Å². The summed E-state index contributed by atoms with van der Waals surface area (Å²) in [6.07, 6.45) is 4.53. The van der Waals surface area contributed by atoms with Gasteiger partial charge in [-0.3, -0.25) is 9.48 Å². The first kappa shape index (κ1) is 18.4. The molecule has 1 aliphatic heterocycles. The second-order valence-electron chi connectivity index (χ2n) is 7.55. The normalized spacial score (nSPS) is 14.3. The number of carbonyl (C=O) groups is 1. The monoisotopic (exact) mass is 355 g/mol. The van der Waals surface area contributed by atoms with Crippen molar-refractivity contribution in [1.82, 2.24) is 14.8 Å². The van der Waals surface area contributed by atoms with Crippen LogP contribution >= 0.6 is 0 Å². The maximum atomic E-state index is 12.5. The van der Waals surface area contributed by atoms with Crippen LogP contribution in [-0.4, -0.2) is 33.8 Å². The first-order valence-electron chi connectivity index (χ1n) is 9.47. The highest BCUT2D eigenvalue weighted by molar-refractivity contribution is 5.92. The maximum absolute atomic E-state index is 12.5. The molecule has 26 heavy (non-hydrogen) atoms. The van der Waals surface area contributed by atoms with Crippen LogP contribution in [0, 0.1) is 19.8 Å². The summed E-state index contributed by atoms with van der Waals surface area (Å²) in [6.45, 7) is 11.4. The van der Waals surface area contributed by atoms with Crippen molar-refractivity contribution in [2.24, 2.45) is 5.92 Å². The van der Waals surface area contributed by atoms with Crippen molar-refractivity contribution in [2.45, 2.75) is 53.5 Å². The fourth-order valence-electron chi connectivity index (χ4n) is 3.47. The van der Waals surface area contributed by atoms with Crippen LogP contribution in [0.1, 0.15) is 43.6 Å². The smallest absolute Gasteiger partial charge is 0.228 e. The third-order valence-electron chi connectivity index (χ3n) is 4.87. The SMILES string of the molecule is Cc1nn(CC(C)C)c(C)c1CC(=O)Nc1ccc(N2CCCC2)nc1. The molecule has 0 spiro atoms. The van der Waals surface area contributed by atoms with Gasteiger partial charge in [-0.15, -0.1) is 0 Å². The van der Waals surface area contributed by atoms with Crippen molar-refractivity contribution in [2.75, 3.05) is 23.3 Å². The van der Waals surface area contributed by atoms with Gasteiger partial charge in [0.2, 0.25) is 5.91 Å². The van der Waals surface area contributed by atoms with E-state index in [1.54, 1.807) is 6.20 Å². The quantitative estimate of drug-likeness (QED) is 0.863. The van der Waals surface area contributed by atoms with E-state index >= 15 is 0 Å². The second-order valence-corrected chi connectivity index (χ2v) is 7.55. The van der Waals surface area contributed by atoms with Crippen molar-refractivity contribution in [1.29, 1.82) is 0 Å². The number of aromatic nitrogens is 3. The summed E-state index contributed by atoms with van der Waals surface area (Å²) >= 11 is 0. The largest absolute Gasteiger partial charge is 0.357 e. The summed E-state index contributed by atoms with van der Waals surface area (Å²) in [6, 6.07) is 3.92. The van der Waals surface area contributed by atoms with E-state index in [0.29, 0.717) is 12.3 Å². The zero-order valence-corrected chi connectivity index (χ0v) is 16.2. The number of anilines is 2. The van der Waals surface area contributed by atoms with Crippen molar-refractivity contribution in [3.05, 3.63) is 35.3 Å². The van der Waals surface area contributed by atoms with Crippen molar-refractivity contribution >= 4 is 17.4 Å². The molecule has 0 aromatic carbocycles. The molecule has 1 N–H and O–H groups in total. The van der Waals surface area contributed by atoms with Gasteiger partial charge in [-0.1, -0.05) is 13.8 Å². The molecule has 0 saturated carbocycles. The Labute approximate surface area is 155 Å². The number of aryl methyl sites for hydroxylation is 1. The average Bonchev–Trinajstić information content (AvgIpc) is 3.20. The number of hydrogen-bond donors (Lipinski definition) is 1. The highest BCUT2D eigenvalue weighted by atomic mass is 16.1. The molecule has 1 aliphatic rings. The number of rotatable bonds is 6. The minimum Gasteiger partial charge on any atom is -0.357 e. The Kier molecular flexibility index (Phi) is 5.59. The maximum Gasteiger partial charge on any atom is 0.228 e. The average molecular weight is 355 g/mol. The number of amides is 1. The number of nitrogens with zero attached hydrogens (tertiary/aromatic N) is 4. The molecule has 1 amide bonds. The molecule has 140 valence electrons. The van der Waals surface area contributed by atoms with Crippen LogP contribution in [0.2, 0.25) is 0 Å². The molecule has 0 bridgehead atoms. The Morgan fingerprint density at radius 2 is 1.96 bits per heavy atom. The summed E-state index contributed by atoms with van der Waals surface area (Å²) in [5, 5.41) is 7.54. The van der Waals surface area contributed by atoms with Gasteiger partial charge in [-0.25, -0.2) is 4.98 Å². The fraction of sp³-hybridized carbons (Fsp3) is 0.550. The second kappa shape index (κ2) is 7.89. The first-order valence-corrected chi connectivity index (χ1v) is 9.47. The van der Waals surface area contributed by atoms with E-state index < -0.39 is 0 Å². The molecule has 3 rings (SSSR count). The molecule has 2 aromatic heterocycles. The summed E-state index contributed by atoms with van der Waals surface area (Å²) in [4.78, 5) is 19.2. The molecule has 0 atom stereocenters. The van der Waals surface area contributed by atoms with Gasteiger partial charge in [-0.2, -0.15) is 5.10 Å². The lowest BCUT2D eigenvalue weighted by Crippen LogP contribution is -2.19. The molecule has 2 aromatic rings. The van der Waals surface area contributed by atoms with E-state index in [0.717, 1.165) is 48.1 Å². The van der Waals surface area contributed by atoms with Gasteiger partial charge in [0.25, 0.3) is 0 Å². The molecule has 6 nitrogen and oxygen atoms in total.